The Kier molecular flexibility index (Phi) is 3.50. The maximum absolute atomic E-state index is 13.2. The molecule has 16 heavy (non-hydrogen) atoms. The fraction of sp³-hybridized carbons (Fsp3) is 1.00. The van der Waals surface area contributed by atoms with Gasteiger partial charge in [0.15, 0.2) is 0 Å². The molecule has 0 amide bonds. The number of halogens is 2. The zero-order valence-electron chi connectivity index (χ0n) is 9.96. The van der Waals surface area contributed by atoms with Gasteiger partial charge in [-0.2, -0.15) is 0 Å². The van der Waals surface area contributed by atoms with E-state index >= 15 is 0 Å². The molecule has 1 aliphatic heterocycles. The van der Waals surface area contributed by atoms with Gasteiger partial charge in [0.1, 0.15) is 0 Å². The maximum atomic E-state index is 13.2. The summed E-state index contributed by atoms with van der Waals surface area (Å²) >= 11 is 0. The molecular formula is C12H22F2N2. The predicted octanol–water partition coefficient (Wildman–Crippen LogP) is 2.09. The normalized spacial score (nSPS) is 40.1. The van der Waals surface area contributed by atoms with Gasteiger partial charge in [0.2, 0.25) is 5.92 Å². The Morgan fingerprint density at radius 3 is 2.69 bits per heavy atom. The molecule has 4 heteroatoms. The molecule has 1 aliphatic carbocycles. The highest BCUT2D eigenvalue weighted by Crippen LogP contribution is 2.37. The summed E-state index contributed by atoms with van der Waals surface area (Å²) in [5.74, 6) is -1.75. The SMILES string of the molecule is CC1CN(CC2CCCC(F)(F)C2)CC1N. The van der Waals surface area contributed by atoms with Gasteiger partial charge < -0.3 is 10.6 Å². The lowest BCUT2D eigenvalue weighted by molar-refractivity contribution is -0.0562. The highest BCUT2D eigenvalue weighted by molar-refractivity contribution is 4.87. The smallest absolute Gasteiger partial charge is 0.248 e. The summed E-state index contributed by atoms with van der Waals surface area (Å²) in [7, 11) is 0. The predicted molar refractivity (Wildman–Crippen MR) is 60.5 cm³/mol. The highest BCUT2D eigenvalue weighted by atomic mass is 19.3. The van der Waals surface area contributed by atoms with Crippen LogP contribution >= 0.6 is 0 Å². The fourth-order valence-electron chi connectivity index (χ4n) is 3.04. The van der Waals surface area contributed by atoms with E-state index in [1.807, 2.05) is 0 Å². The summed E-state index contributed by atoms with van der Waals surface area (Å²) in [6.07, 6.45) is 1.79. The molecule has 2 fully saturated rings. The summed E-state index contributed by atoms with van der Waals surface area (Å²) in [4.78, 5) is 2.27. The molecule has 2 rings (SSSR count). The van der Waals surface area contributed by atoms with Gasteiger partial charge >= 0.3 is 0 Å². The van der Waals surface area contributed by atoms with Gasteiger partial charge in [-0.25, -0.2) is 8.78 Å². The van der Waals surface area contributed by atoms with Crippen molar-refractivity contribution in [1.82, 2.24) is 4.90 Å². The van der Waals surface area contributed by atoms with Crippen LogP contribution in [0.1, 0.15) is 32.6 Å². The molecule has 94 valence electrons. The van der Waals surface area contributed by atoms with Crippen LogP contribution in [0.4, 0.5) is 8.78 Å². The molecule has 1 saturated heterocycles. The highest BCUT2D eigenvalue weighted by Gasteiger charge is 2.37. The number of hydrogen-bond acceptors (Lipinski definition) is 2. The molecule has 2 nitrogen and oxygen atoms in total. The summed E-state index contributed by atoms with van der Waals surface area (Å²) in [6, 6.07) is 0.226. The van der Waals surface area contributed by atoms with E-state index in [2.05, 4.69) is 11.8 Å². The van der Waals surface area contributed by atoms with E-state index < -0.39 is 5.92 Å². The molecular weight excluding hydrogens is 210 g/mol. The standard InChI is InChI=1S/C12H22F2N2/c1-9-6-16(8-11(9)15)7-10-3-2-4-12(13,14)5-10/h9-11H,2-8,15H2,1H3. The third kappa shape index (κ3) is 2.92. The number of nitrogens with two attached hydrogens (primary N) is 1. The molecule has 3 atom stereocenters. The van der Waals surface area contributed by atoms with Crippen molar-refractivity contribution >= 4 is 0 Å². The van der Waals surface area contributed by atoms with E-state index in [-0.39, 0.29) is 24.8 Å². The van der Waals surface area contributed by atoms with Crippen LogP contribution < -0.4 is 5.73 Å². The molecule has 1 saturated carbocycles. The lowest BCUT2D eigenvalue weighted by Crippen LogP contribution is -2.35. The molecule has 0 spiro atoms. The topological polar surface area (TPSA) is 29.3 Å². The van der Waals surface area contributed by atoms with Gasteiger partial charge in [0.25, 0.3) is 0 Å². The molecule has 1 heterocycles. The molecule has 0 radical (unpaired) electrons. The van der Waals surface area contributed by atoms with E-state index in [1.54, 1.807) is 0 Å². The fourth-order valence-corrected chi connectivity index (χ4v) is 3.04. The van der Waals surface area contributed by atoms with Gasteiger partial charge in [-0.15, -0.1) is 0 Å². The number of nitrogens with zero attached hydrogens (tertiary/aromatic N) is 1. The molecule has 3 unspecified atom stereocenters. The van der Waals surface area contributed by atoms with Crippen molar-refractivity contribution in [2.45, 2.75) is 44.6 Å². The number of hydrogen-bond donors (Lipinski definition) is 1. The molecule has 2 aliphatic rings. The minimum atomic E-state index is -2.42. The lowest BCUT2D eigenvalue weighted by atomic mass is 9.86. The van der Waals surface area contributed by atoms with Crippen LogP contribution in [-0.2, 0) is 0 Å². The van der Waals surface area contributed by atoms with Crippen molar-refractivity contribution in [2.24, 2.45) is 17.6 Å². The average molecular weight is 232 g/mol. The van der Waals surface area contributed by atoms with E-state index in [0.717, 1.165) is 26.1 Å². The first kappa shape index (κ1) is 12.2. The monoisotopic (exact) mass is 232 g/mol. The van der Waals surface area contributed by atoms with Crippen molar-refractivity contribution < 1.29 is 8.78 Å². The van der Waals surface area contributed by atoms with Gasteiger partial charge in [-0.05, 0) is 24.7 Å². The Morgan fingerprint density at radius 2 is 2.12 bits per heavy atom. The van der Waals surface area contributed by atoms with Crippen LogP contribution in [0.15, 0.2) is 0 Å². The summed E-state index contributed by atoms with van der Waals surface area (Å²) < 4.78 is 26.5. The maximum Gasteiger partial charge on any atom is 0.248 e. The summed E-state index contributed by atoms with van der Waals surface area (Å²) in [5, 5.41) is 0. The van der Waals surface area contributed by atoms with Gasteiger partial charge in [-0.1, -0.05) is 6.92 Å². The number of rotatable bonds is 2. The molecule has 0 aromatic heterocycles. The van der Waals surface area contributed by atoms with Crippen molar-refractivity contribution in [3.05, 3.63) is 0 Å². The Morgan fingerprint density at radius 1 is 1.38 bits per heavy atom. The average Bonchev–Trinajstić information content (AvgIpc) is 2.43. The minimum Gasteiger partial charge on any atom is -0.326 e. The second-order valence-corrected chi connectivity index (χ2v) is 5.68. The van der Waals surface area contributed by atoms with E-state index in [9.17, 15) is 8.78 Å². The van der Waals surface area contributed by atoms with Crippen LogP contribution in [0, 0.1) is 11.8 Å². The summed E-state index contributed by atoms with van der Waals surface area (Å²) in [6.45, 7) is 4.81. The van der Waals surface area contributed by atoms with E-state index in [0.29, 0.717) is 12.3 Å². The van der Waals surface area contributed by atoms with E-state index in [4.69, 9.17) is 5.73 Å². The molecule has 0 bridgehead atoms. The second kappa shape index (κ2) is 4.57. The largest absolute Gasteiger partial charge is 0.326 e. The van der Waals surface area contributed by atoms with Crippen molar-refractivity contribution in [3.63, 3.8) is 0 Å². The third-order valence-corrected chi connectivity index (χ3v) is 4.00. The molecule has 0 aromatic carbocycles. The zero-order chi connectivity index (χ0) is 11.8. The number of alkyl halides is 2. The van der Waals surface area contributed by atoms with Crippen LogP contribution in [-0.4, -0.2) is 36.5 Å². The van der Waals surface area contributed by atoms with Crippen LogP contribution in [0.3, 0.4) is 0 Å². The first-order chi connectivity index (χ1) is 7.46. The van der Waals surface area contributed by atoms with Gasteiger partial charge in [0, 0.05) is 38.5 Å². The van der Waals surface area contributed by atoms with Crippen LogP contribution in [0.25, 0.3) is 0 Å². The number of likely N-dealkylation sites (tertiary alicyclic amines) is 1. The van der Waals surface area contributed by atoms with Gasteiger partial charge in [0.05, 0.1) is 0 Å². The Bertz CT molecular complexity index is 235. The van der Waals surface area contributed by atoms with Gasteiger partial charge in [-0.3, -0.25) is 0 Å². The summed E-state index contributed by atoms with van der Waals surface area (Å²) in [5.41, 5.74) is 5.94. The van der Waals surface area contributed by atoms with Crippen molar-refractivity contribution in [3.8, 4) is 0 Å². The second-order valence-electron chi connectivity index (χ2n) is 5.68. The van der Waals surface area contributed by atoms with E-state index in [1.165, 1.54) is 0 Å². The van der Waals surface area contributed by atoms with Crippen LogP contribution in [0.5, 0.6) is 0 Å². The Balaban J connectivity index is 1.82. The Labute approximate surface area is 96.2 Å². The quantitative estimate of drug-likeness (QED) is 0.790. The first-order valence-electron chi connectivity index (χ1n) is 6.32. The molecule has 2 N–H and O–H groups in total. The van der Waals surface area contributed by atoms with Crippen LogP contribution in [0.2, 0.25) is 0 Å². The first-order valence-corrected chi connectivity index (χ1v) is 6.32. The Hall–Kier alpha value is -0.220. The molecule has 0 aromatic rings. The third-order valence-electron chi connectivity index (χ3n) is 4.00. The zero-order valence-corrected chi connectivity index (χ0v) is 9.96. The minimum absolute atomic E-state index is 0.0765. The van der Waals surface area contributed by atoms with Crippen molar-refractivity contribution in [2.75, 3.05) is 19.6 Å². The lowest BCUT2D eigenvalue weighted by Gasteiger charge is -2.31. The van der Waals surface area contributed by atoms with Crippen molar-refractivity contribution in [1.29, 1.82) is 0 Å².